The van der Waals surface area contributed by atoms with Gasteiger partial charge in [0.25, 0.3) is 0 Å². The van der Waals surface area contributed by atoms with E-state index in [2.05, 4.69) is 37.0 Å². The number of halogens is 3. The molecule has 0 fully saturated rings. The largest absolute Gasteiger partial charge is 0.487 e. The van der Waals surface area contributed by atoms with Gasteiger partial charge in [0, 0.05) is 20.6 Å². The Hall–Kier alpha value is -2.41. The Morgan fingerprint density at radius 1 is 1.03 bits per heavy atom. The molecule has 150 valence electrons. The molecule has 0 unspecified atom stereocenters. The lowest BCUT2D eigenvalue weighted by atomic mass is 10.0. The van der Waals surface area contributed by atoms with E-state index in [0.29, 0.717) is 34.2 Å². The molecule has 0 aliphatic carbocycles. The van der Waals surface area contributed by atoms with E-state index in [0.717, 1.165) is 20.1 Å². The molecule has 0 N–H and O–H groups in total. The number of oxime groups is 1. The molecule has 4 nitrogen and oxygen atoms in total. The summed E-state index contributed by atoms with van der Waals surface area (Å²) in [6.07, 6.45) is 1.73. The zero-order valence-corrected chi connectivity index (χ0v) is 19.4. The highest BCUT2D eigenvalue weighted by Crippen LogP contribution is 2.36. The quantitative estimate of drug-likeness (QED) is 0.261. The Morgan fingerprint density at radius 3 is 2.50 bits per heavy atom. The first-order valence-electron chi connectivity index (χ1n) is 8.94. The van der Waals surface area contributed by atoms with Gasteiger partial charge in [-0.25, -0.2) is 4.79 Å². The van der Waals surface area contributed by atoms with Gasteiger partial charge in [-0.05, 0) is 51.8 Å². The van der Waals surface area contributed by atoms with Crippen molar-refractivity contribution in [3.05, 3.63) is 103 Å². The van der Waals surface area contributed by atoms with E-state index in [9.17, 15) is 4.79 Å². The van der Waals surface area contributed by atoms with Crippen molar-refractivity contribution in [3.63, 3.8) is 0 Å². The predicted octanol–water partition coefficient (Wildman–Crippen LogP) is 6.79. The van der Waals surface area contributed by atoms with Gasteiger partial charge in [0.2, 0.25) is 0 Å². The molecule has 0 bridgehead atoms. The second kappa shape index (κ2) is 9.16. The maximum Gasteiger partial charge on any atom is 0.368 e. The van der Waals surface area contributed by atoms with E-state index < -0.39 is 5.97 Å². The van der Waals surface area contributed by atoms with E-state index in [1.807, 2.05) is 66.7 Å². The molecule has 0 radical (unpaired) electrons. The highest BCUT2D eigenvalue weighted by molar-refractivity contribution is 9.11. The van der Waals surface area contributed by atoms with Gasteiger partial charge in [0.15, 0.2) is 0 Å². The fourth-order valence-electron chi connectivity index (χ4n) is 2.95. The van der Waals surface area contributed by atoms with Crippen molar-refractivity contribution in [3.8, 4) is 5.75 Å². The van der Waals surface area contributed by atoms with Crippen LogP contribution in [0.1, 0.15) is 16.7 Å². The van der Waals surface area contributed by atoms with Gasteiger partial charge in [-0.1, -0.05) is 75.2 Å². The second-order valence-electron chi connectivity index (χ2n) is 6.46. The van der Waals surface area contributed by atoms with Crippen LogP contribution < -0.4 is 4.74 Å². The lowest BCUT2D eigenvalue weighted by Crippen LogP contribution is -2.07. The summed E-state index contributed by atoms with van der Waals surface area (Å²) in [5.41, 5.74) is 3.33. The summed E-state index contributed by atoms with van der Waals surface area (Å²) in [6, 6.07) is 20.6. The van der Waals surface area contributed by atoms with Crippen molar-refractivity contribution in [1.29, 1.82) is 0 Å². The number of carbonyl (C=O) groups excluding carboxylic acids is 1. The molecule has 30 heavy (non-hydrogen) atoms. The number of hydrogen-bond acceptors (Lipinski definition) is 4. The van der Waals surface area contributed by atoms with E-state index >= 15 is 0 Å². The summed E-state index contributed by atoms with van der Waals surface area (Å²) < 4.78 is 7.68. The van der Waals surface area contributed by atoms with Crippen LogP contribution in [0.3, 0.4) is 0 Å². The average Bonchev–Trinajstić information content (AvgIpc) is 3.09. The minimum atomic E-state index is -0.506. The standard InChI is InChI=1S/C23H14Br2ClNO3/c24-17-10-16(11-19-21(27-30-23(19)28)15-4-2-1-3-5-15)22(20(25)12-17)29-13-14-6-8-18(26)9-7-14/h1-12H,13H2/b19-11-. The van der Waals surface area contributed by atoms with Gasteiger partial charge in [-0.2, -0.15) is 0 Å². The van der Waals surface area contributed by atoms with Gasteiger partial charge >= 0.3 is 5.97 Å². The molecule has 0 amide bonds. The van der Waals surface area contributed by atoms with Crippen LogP contribution in [0.15, 0.2) is 86.4 Å². The zero-order valence-electron chi connectivity index (χ0n) is 15.4. The monoisotopic (exact) mass is 545 g/mol. The third-order valence-corrected chi connectivity index (χ3v) is 5.67. The normalized spacial score (nSPS) is 14.6. The lowest BCUT2D eigenvalue weighted by Gasteiger charge is -2.13. The SMILES string of the molecule is O=C1ON=C(c2ccccc2)/C1=C/c1cc(Br)cc(Br)c1OCc1ccc(Cl)cc1. The molecule has 0 spiro atoms. The number of ether oxygens (including phenoxy) is 1. The molecule has 0 saturated carbocycles. The van der Waals surface area contributed by atoms with Crippen LogP contribution in [-0.2, 0) is 16.2 Å². The first-order chi connectivity index (χ1) is 14.5. The molecule has 0 aromatic heterocycles. The molecular weight excluding hydrogens is 534 g/mol. The number of carbonyl (C=O) groups is 1. The molecule has 0 atom stereocenters. The molecule has 1 aliphatic heterocycles. The maximum absolute atomic E-state index is 12.4. The summed E-state index contributed by atoms with van der Waals surface area (Å²) in [6.45, 7) is 0.345. The Kier molecular flexibility index (Phi) is 6.37. The summed E-state index contributed by atoms with van der Waals surface area (Å²) in [7, 11) is 0. The third kappa shape index (κ3) is 4.67. The topological polar surface area (TPSA) is 47.9 Å². The van der Waals surface area contributed by atoms with Gasteiger partial charge in [0.05, 0.1) is 10.0 Å². The van der Waals surface area contributed by atoms with Crippen molar-refractivity contribution in [2.45, 2.75) is 6.61 Å². The highest BCUT2D eigenvalue weighted by atomic mass is 79.9. The Balaban J connectivity index is 1.70. The van der Waals surface area contributed by atoms with Gasteiger partial charge < -0.3 is 9.57 Å². The molecule has 4 rings (SSSR count). The van der Waals surface area contributed by atoms with Gasteiger partial charge in [-0.15, -0.1) is 0 Å². The summed E-state index contributed by atoms with van der Waals surface area (Å²) in [5, 5.41) is 4.63. The van der Waals surface area contributed by atoms with Gasteiger partial charge in [-0.3, -0.25) is 0 Å². The Labute approximate surface area is 195 Å². The first-order valence-corrected chi connectivity index (χ1v) is 10.9. The van der Waals surface area contributed by atoms with Gasteiger partial charge in [0.1, 0.15) is 18.1 Å². The number of benzene rings is 3. The molecule has 0 saturated heterocycles. The molecular formula is C23H14Br2ClNO3. The number of rotatable bonds is 5. The lowest BCUT2D eigenvalue weighted by molar-refractivity contribution is -0.136. The van der Waals surface area contributed by atoms with E-state index in [1.165, 1.54) is 0 Å². The summed E-state index contributed by atoms with van der Waals surface area (Å²) >= 11 is 13.0. The minimum Gasteiger partial charge on any atom is -0.487 e. The molecule has 1 heterocycles. The molecule has 3 aromatic carbocycles. The molecule has 7 heteroatoms. The first kappa shape index (κ1) is 20.8. The maximum atomic E-state index is 12.4. The summed E-state index contributed by atoms with van der Waals surface area (Å²) in [4.78, 5) is 17.3. The van der Waals surface area contributed by atoms with E-state index in [-0.39, 0.29) is 0 Å². The zero-order chi connectivity index (χ0) is 21.1. The van der Waals surface area contributed by atoms with Crippen LogP contribution in [-0.4, -0.2) is 11.7 Å². The van der Waals surface area contributed by atoms with Crippen LogP contribution in [0.25, 0.3) is 6.08 Å². The highest BCUT2D eigenvalue weighted by Gasteiger charge is 2.27. The van der Waals surface area contributed by atoms with Crippen molar-refractivity contribution < 1.29 is 14.4 Å². The van der Waals surface area contributed by atoms with Crippen LogP contribution >= 0.6 is 43.5 Å². The van der Waals surface area contributed by atoms with Crippen LogP contribution in [0, 0.1) is 0 Å². The smallest absolute Gasteiger partial charge is 0.368 e. The molecule has 1 aliphatic rings. The Bertz CT molecular complexity index is 1160. The minimum absolute atomic E-state index is 0.345. The number of hydrogen-bond donors (Lipinski definition) is 0. The van der Waals surface area contributed by atoms with Crippen molar-refractivity contribution in [1.82, 2.24) is 0 Å². The number of nitrogens with zero attached hydrogens (tertiary/aromatic N) is 1. The second-order valence-corrected chi connectivity index (χ2v) is 8.67. The fraction of sp³-hybridized carbons (Fsp3) is 0.0435. The Morgan fingerprint density at radius 2 is 1.77 bits per heavy atom. The van der Waals surface area contributed by atoms with Crippen LogP contribution in [0.2, 0.25) is 5.02 Å². The van der Waals surface area contributed by atoms with Crippen molar-refractivity contribution >= 4 is 61.2 Å². The van der Waals surface area contributed by atoms with Crippen molar-refractivity contribution in [2.75, 3.05) is 0 Å². The van der Waals surface area contributed by atoms with Crippen molar-refractivity contribution in [2.24, 2.45) is 5.16 Å². The predicted molar refractivity (Wildman–Crippen MR) is 125 cm³/mol. The van der Waals surface area contributed by atoms with Crippen LogP contribution in [0.4, 0.5) is 0 Å². The van der Waals surface area contributed by atoms with E-state index in [1.54, 1.807) is 6.08 Å². The fourth-order valence-corrected chi connectivity index (χ4v) is 4.44. The summed E-state index contributed by atoms with van der Waals surface area (Å²) in [5.74, 6) is 0.0985. The van der Waals surface area contributed by atoms with Crippen LogP contribution in [0.5, 0.6) is 5.75 Å². The third-order valence-electron chi connectivity index (χ3n) is 4.38. The average molecular weight is 548 g/mol. The van der Waals surface area contributed by atoms with E-state index in [4.69, 9.17) is 21.2 Å². The molecule has 3 aromatic rings.